The van der Waals surface area contributed by atoms with E-state index in [4.69, 9.17) is 11.6 Å². The monoisotopic (exact) mass is 257 g/mol. The van der Waals surface area contributed by atoms with Crippen LogP contribution >= 0.6 is 11.6 Å². The van der Waals surface area contributed by atoms with E-state index in [1.165, 1.54) is 0 Å². The minimum Gasteiger partial charge on any atom is -0.350 e. The molecule has 0 aliphatic carbocycles. The molecule has 1 aromatic rings. The van der Waals surface area contributed by atoms with E-state index in [1.54, 1.807) is 24.1 Å². The Bertz CT molecular complexity index is 374. The molecule has 0 spiro atoms. The van der Waals surface area contributed by atoms with Crippen LogP contribution in [0, 0.1) is 5.41 Å². The van der Waals surface area contributed by atoms with Crippen molar-refractivity contribution in [2.45, 2.75) is 26.7 Å². The quantitative estimate of drug-likeness (QED) is 0.795. The van der Waals surface area contributed by atoms with E-state index >= 15 is 0 Å². The number of aryl methyl sites for hydroxylation is 1. The van der Waals surface area contributed by atoms with Crippen LogP contribution in [0.2, 0.25) is 0 Å². The number of rotatable bonds is 6. The van der Waals surface area contributed by atoms with Crippen molar-refractivity contribution in [2.24, 2.45) is 12.5 Å². The number of nitrogens with zero attached hydrogens (tertiary/aromatic N) is 2. The van der Waals surface area contributed by atoms with Crippen molar-refractivity contribution in [1.82, 2.24) is 14.9 Å². The number of carbonyl (C=O) groups excluding carboxylic acids is 1. The number of carbonyl (C=O) groups is 1. The fraction of sp³-hybridized carbons (Fsp3) is 0.667. The number of hydrogen-bond acceptors (Lipinski definition) is 2. The second-order valence-electron chi connectivity index (χ2n) is 5.03. The zero-order valence-corrected chi connectivity index (χ0v) is 11.4. The highest BCUT2D eigenvalue weighted by Crippen LogP contribution is 2.21. The van der Waals surface area contributed by atoms with Gasteiger partial charge in [-0.15, -0.1) is 11.6 Å². The Morgan fingerprint density at radius 3 is 2.82 bits per heavy atom. The molecule has 0 atom stereocenters. The van der Waals surface area contributed by atoms with Gasteiger partial charge in [0.1, 0.15) is 5.69 Å². The van der Waals surface area contributed by atoms with E-state index in [0.29, 0.717) is 18.1 Å². The largest absolute Gasteiger partial charge is 0.350 e. The van der Waals surface area contributed by atoms with Crippen molar-refractivity contribution in [3.05, 3.63) is 18.2 Å². The molecule has 0 unspecified atom stereocenters. The number of hydrogen-bond donors (Lipinski definition) is 1. The van der Waals surface area contributed by atoms with Crippen molar-refractivity contribution in [3.8, 4) is 0 Å². The van der Waals surface area contributed by atoms with E-state index in [9.17, 15) is 4.79 Å². The van der Waals surface area contributed by atoms with Gasteiger partial charge in [-0.3, -0.25) is 4.79 Å². The third kappa shape index (κ3) is 4.38. The fourth-order valence-corrected chi connectivity index (χ4v) is 1.75. The van der Waals surface area contributed by atoms with E-state index in [2.05, 4.69) is 24.1 Å². The molecule has 17 heavy (non-hydrogen) atoms. The smallest absolute Gasteiger partial charge is 0.269 e. The Morgan fingerprint density at radius 2 is 2.29 bits per heavy atom. The van der Waals surface area contributed by atoms with Crippen molar-refractivity contribution < 1.29 is 4.79 Å². The molecule has 5 heteroatoms. The van der Waals surface area contributed by atoms with Crippen LogP contribution in [0.5, 0.6) is 0 Å². The molecule has 0 radical (unpaired) electrons. The first-order valence-corrected chi connectivity index (χ1v) is 6.30. The summed E-state index contributed by atoms with van der Waals surface area (Å²) in [4.78, 5) is 15.8. The molecule has 1 rings (SSSR count). The van der Waals surface area contributed by atoms with Gasteiger partial charge in [0.15, 0.2) is 0 Å². The van der Waals surface area contributed by atoms with Crippen LogP contribution in [0.3, 0.4) is 0 Å². The Morgan fingerprint density at radius 1 is 1.59 bits per heavy atom. The molecule has 4 nitrogen and oxygen atoms in total. The lowest BCUT2D eigenvalue weighted by atomic mass is 9.88. The van der Waals surface area contributed by atoms with Gasteiger partial charge in [-0.1, -0.05) is 13.8 Å². The minimum atomic E-state index is -0.0797. The summed E-state index contributed by atoms with van der Waals surface area (Å²) in [5.41, 5.74) is 0.654. The van der Waals surface area contributed by atoms with Gasteiger partial charge in [-0.2, -0.15) is 0 Å². The first kappa shape index (κ1) is 14.0. The van der Waals surface area contributed by atoms with Crippen LogP contribution < -0.4 is 5.32 Å². The number of imidazole rings is 1. The Balaban J connectivity index is 2.45. The molecule has 1 heterocycles. The van der Waals surface area contributed by atoms with Gasteiger partial charge in [-0.05, 0) is 18.3 Å². The van der Waals surface area contributed by atoms with Crippen LogP contribution in [0.4, 0.5) is 0 Å². The number of nitrogens with one attached hydrogen (secondary N) is 1. The van der Waals surface area contributed by atoms with Crippen LogP contribution in [0.1, 0.15) is 37.2 Å². The third-order valence-corrected chi connectivity index (χ3v) is 3.03. The van der Waals surface area contributed by atoms with E-state index in [0.717, 1.165) is 12.8 Å². The van der Waals surface area contributed by atoms with Gasteiger partial charge in [-0.25, -0.2) is 4.98 Å². The highest BCUT2D eigenvalue weighted by molar-refractivity contribution is 6.17. The predicted octanol–water partition coefficient (Wildman–Crippen LogP) is 2.20. The number of aromatic nitrogens is 2. The highest BCUT2D eigenvalue weighted by Gasteiger charge is 2.19. The second kappa shape index (κ2) is 6.05. The lowest BCUT2D eigenvalue weighted by Crippen LogP contribution is -2.34. The number of alkyl halides is 1. The summed E-state index contributed by atoms with van der Waals surface area (Å²) in [7, 11) is 1.81. The molecule has 96 valence electrons. The van der Waals surface area contributed by atoms with Crippen LogP contribution in [-0.4, -0.2) is 27.9 Å². The normalized spacial score (nSPS) is 11.5. The van der Waals surface area contributed by atoms with Crippen molar-refractivity contribution in [2.75, 3.05) is 12.4 Å². The summed E-state index contributed by atoms with van der Waals surface area (Å²) in [5, 5.41) is 2.93. The maximum atomic E-state index is 11.8. The molecule has 0 aliphatic heterocycles. The van der Waals surface area contributed by atoms with Gasteiger partial charge in [0.2, 0.25) is 0 Å². The summed E-state index contributed by atoms with van der Waals surface area (Å²) < 4.78 is 1.71. The first-order chi connectivity index (χ1) is 7.96. The summed E-state index contributed by atoms with van der Waals surface area (Å²) in [5.74, 6) is 0.586. The van der Waals surface area contributed by atoms with Crippen LogP contribution in [0.15, 0.2) is 12.5 Å². The number of halogens is 1. The van der Waals surface area contributed by atoms with Gasteiger partial charge in [0.05, 0.1) is 12.5 Å². The lowest BCUT2D eigenvalue weighted by Gasteiger charge is -2.24. The van der Waals surface area contributed by atoms with E-state index < -0.39 is 0 Å². The molecule has 0 aliphatic rings. The van der Waals surface area contributed by atoms with Gasteiger partial charge < -0.3 is 9.88 Å². The molecular formula is C12H20ClN3O. The molecule has 0 saturated carbocycles. The Kier molecular flexibility index (Phi) is 5.00. The first-order valence-electron chi connectivity index (χ1n) is 5.77. The number of amides is 1. The molecule has 1 N–H and O–H groups in total. The molecule has 1 aromatic heterocycles. The summed E-state index contributed by atoms with van der Waals surface area (Å²) in [6.07, 6.45) is 5.16. The summed E-state index contributed by atoms with van der Waals surface area (Å²) in [6, 6.07) is 0. The van der Waals surface area contributed by atoms with Gasteiger partial charge in [0, 0.05) is 19.5 Å². The van der Waals surface area contributed by atoms with Gasteiger partial charge in [0.25, 0.3) is 5.91 Å². The van der Waals surface area contributed by atoms with E-state index in [-0.39, 0.29) is 11.3 Å². The highest BCUT2D eigenvalue weighted by atomic mass is 35.5. The SMILES string of the molecule is Cn1cncc1C(=O)NCC(C)(C)CCCCl. The lowest BCUT2D eigenvalue weighted by molar-refractivity contribution is 0.0926. The Hall–Kier alpha value is -1.03. The molecule has 1 amide bonds. The zero-order chi connectivity index (χ0) is 12.9. The van der Waals surface area contributed by atoms with Crippen molar-refractivity contribution in [1.29, 1.82) is 0 Å². The zero-order valence-electron chi connectivity index (χ0n) is 10.7. The van der Waals surface area contributed by atoms with E-state index in [1.807, 2.05) is 0 Å². The molecule has 0 aromatic carbocycles. The average molecular weight is 258 g/mol. The minimum absolute atomic E-state index is 0.0726. The van der Waals surface area contributed by atoms with Crippen molar-refractivity contribution >= 4 is 17.5 Å². The topological polar surface area (TPSA) is 46.9 Å². The van der Waals surface area contributed by atoms with Crippen LogP contribution in [0.25, 0.3) is 0 Å². The van der Waals surface area contributed by atoms with Gasteiger partial charge >= 0.3 is 0 Å². The summed E-state index contributed by atoms with van der Waals surface area (Å²) >= 11 is 5.67. The Labute approximate surface area is 107 Å². The molecular weight excluding hydrogens is 238 g/mol. The van der Waals surface area contributed by atoms with Crippen LogP contribution in [-0.2, 0) is 7.05 Å². The standard InChI is InChI=1S/C12H20ClN3O/c1-12(2,5-4-6-13)8-15-11(17)10-7-14-9-16(10)3/h7,9H,4-6,8H2,1-3H3,(H,15,17). The average Bonchev–Trinajstić information content (AvgIpc) is 2.70. The maximum absolute atomic E-state index is 11.8. The maximum Gasteiger partial charge on any atom is 0.269 e. The predicted molar refractivity (Wildman–Crippen MR) is 69.3 cm³/mol. The second-order valence-corrected chi connectivity index (χ2v) is 5.41. The summed E-state index contributed by atoms with van der Waals surface area (Å²) in [6.45, 7) is 4.90. The molecule has 0 fully saturated rings. The molecule has 0 saturated heterocycles. The fourth-order valence-electron chi connectivity index (χ4n) is 1.62. The van der Waals surface area contributed by atoms with Crippen molar-refractivity contribution in [3.63, 3.8) is 0 Å². The molecule has 0 bridgehead atoms. The third-order valence-electron chi connectivity index (χ3n) is 2.76.